The molecule has 0 bridgehead atoms. The van der Waals surface area contributed by atoms with Crippen LogP contribution in [-0.4, -0.2) is 0 Å². The Kier molecular flexibility index (Phi) is 2.07. The zero-order chi connectivity index (χ0) is 10.3. The molecule has 4 heteroatoms. The Labute approximate surface area is 88.5 Å². The molecule has 72 valence electrons. The molecule has 1 aliphatic carbocycles. The van der Waals surface area contributed by atoms with Gasteiger partial charge < -0.3 is 0 Å². The number of halogens is 3. The third-order valence-corrected chi connectivity index (χ3v) is 3.13. The summed E-state index contributed by atoms with van der Waals surface area (Å²) in [7, 11) is 0. The van der Waals surface area contributed by atoms with E-state index in [0.717, 1.165) is 0 Å². The van der Waals surface area contributed by atoms with Crippen molar-refractivity contribution in [3.8, 4) is 6.07 Å². The highest BCUT2D eigenvalue weighted by atomic mass is 79.9. The van der Waals surface area contributed by atoms with Gasteiger partial charge in [0, 0.05) is 5.56 Å². The molecule has 0 amide bonds. The van der Waals surface area contributed by atoms with E-state index in [2.05, 4.69) is 15.9 Å². The lowest BCUT2D eigenvalue weighted by atomic mass is 9.97. The zero-order valence-corrected chi connectivity index (χ0v) is 8.74. The van der Waals surface area contributed by atoms with Gasteiger partial charge in [0.05, 0.1) is 16.0 Å². The summed E-state index contributed by atoms with van der Waals surface area (Å²) >= 11 is 2.89. The summed E-state index contributed by atoms with van der Waals surface area (Å²) in [6, 6.07) is 4.94. The van der Waals surface area contributed by atoms with E-state index >= 15 is 0 Å². The second-order valence-corrected chi connectivity index (χ2v) is 4.27. The Morgan fingerprint density at radius 1 is 1.29 bits per heavy atom. The lowest BCUT2D eigenvalue weighted by Gasteiger charge is -2.08. The third-order valence-electron chi connectivity index (χ3n) is 2.51. The van der Waals surface area contributed by atoms with Crippen molar-refractivity contribution in [1.82, 2.24) is 0 Å². The van der Waals surface area contributed by atoms with E-state index in [0.29, 0.717) is 12.8 Å². The highest BCUT2D eigenvalue weighted by Crippen LogP contribution is 2.49. The number of hydrogen-bond acceptors (Lipinski definition) is 1. The summed E-state index contributed by atoms with van der Waals surface area (Å²) in [5, 5.41) is 8.84. The fourth-order valence-electron chi connectivity index (χ4n) is 1.46. The Morgan fingerprint density at radius 3 is 2.43 bits per heavy atom. The molecule has 0 heterocycles. The molecule has 2 rings (SSSR count). The van der Waals surface area contributed by atoms with E-state index in [1.807, 2.05) is 6.07 Å². The molecule has 0 spiro atoms. The van der Waals surface area contributed by atoms with Crippen LogP contribution in [0.15, 0.2) is 16.6 Å². The molecule has 0 aromatic heterocycles. The third kappa shape index (κ3) is 1.24. The van der Waals surface area contributed by atoms with Gasteiger partial charge in [0.15, 0.2) is 11.6 Å². The molecule has 1 saturated carbocycles. The van der Waals surface area contributed by atoms with E-state index in [-0.39, 0.29) is 10.0 Å². The first-order chi connectivity index (χ1) is 6.60. The highest BCUT2D eigenvalue weighted by Gasteiger charge is 2.47. The Morgan fingerprint density at radius 2 is 1.93 bits per heavy atom. The van der Waals surface area contributed by atoms with Gasteiger partial charge in [0.1, 0.15) is 0 Å². The standard InChI is InChI=1S/C10H6BrF2N/c11-7-2-1-6(8(12)9(7)13)10(5-14)3-4-10/h1-2H,3-4H2. The highest BCUT2D eigenvalue weighted by molar-refractivity contribution is 9.10. The van der Waals surface area contributed by atoms with Crippen molar-refractivity contribution in [2.24, 2.45) is 0 Å². The number of hydrogen-bond donors (Lipinski definition) is 0. The van der Waals surface area contributed by atoms with Crippen LogP contribution in [0.2, 0.25) is 0 Å². The largest absolute Gasteiger partial charge is 0.203 e. The summed E-state index contributed by atoms with van der Waals surface area (Å²) in [5.74, 6) is -1.82. The molecule has 1 fully saturated rings. The fraction of sp³-hybridized carbons (Fsp3) is 0.300. The second kappa shape index (κ2) is 3.03. The molecule has 0 N–H and O–H groups in total. The maximum atomic E-state index is 13.4. The van der Waals surface area contributed by atoms with Gasteiger partial charge in [-0.05, 0) is 34.8 Å². The fourth-order valence-corrected chi connectivity index (χ4v) is 1.77. The molecular formula is C10H6BrF2N. The van der Waals surface area contributed by atoms with E-state index in [1.54, 1.807) is 0 Å². The summed E-state index contributed by atoms with van der Waals surface area (Å²) in [6.45, 7) is 0. The van der Waals surface area contributed by atoms with Crippen LogP contribution < -0.4 is 0 Å². The van der Waals surface area contributed by atoms with Gasteiger partial charge in [-0.15, -0.1) is 0 Å². The van der Waals surface area contributed by atoms with Crippen LogP contribution in [0.3, 0.4) is 0 Å². The maximum absolute atomic E-state index is 13.4. The second-order valence-electron chi connectivity index (χ2n) is 3.42. The average Bonchev–Trinajstić information content (AvgIpc) is 2.95. The zero-order valence-electron chi connectivity index (χ0n) is 7.15. The number of rotatable bonds is 1. The minimum Gasteiger partial charge on any atom is -0.203 e. The van der Waals surface area contributed by atoms with Crippen molar-refractivity contribution < 1.29 is 8.78 Å². The van der Waals surface area contributed by atoms with E-state index in [1.165, 1.54) is 12.1 Å². The first-order valence-electron chi connectivity index (χ1n) is 4.16. The van der Waals surface area contributed by atoms with E-state index in [4.69, 9.17) is 5.26 Å². The van der Waals surface area contributed by atoms with Crippen molar-refractivity contribution >= 4 is 15.9 Å². The molecule has 0 unspecified atom stereocenters. The van der Waals surface area contributed by atoms with Crippen LogP contribution in [0.25, 0.3) is 0 Å². The van der Waals surface area contributed by atoms with Crippen molar-refractivity contribution in [3.05, 3.63) is 33.8 Å². The molecule has 0 aliphatic heterocycles. The average molecular weight is 258 g/mol. The van der Waals surface area contributed by atoms with Crippen LogP contribution >= 0.6 is 15.9 Å². The van der Waals surface area contributed by atoms with E-state index < -0.39 is 17.0 Å². The first kappa shape index (κ1) is 9.60. The molecule has 1 aromatic rings. The van der Waals surface area contributed by atoms with Gasteiger partial charge >= 0.3 is 0 Å². The van der Waals surface area contributed by atoms with Crippen LogP contribution in [0.1, 0.15) is 18.4 Å². The Bertz CT molecular complexity index is 432. The lowest BCUT2D eigenvalue weighted by molar-refractivity contribution is 0.490. The molecule has 0 saturated heterocycles. The van der Waals surface area contributed by atoms with Gasteiger partial charge in [-0.25, -0.2) is 8.78 Å². The number of benzene rings is 1. The van der Waals surface area contributed by atoms with Crippen LogP contribution in [0.5, 0.6) is 0 Å². The van der Waals surface area contributed by atoms with Crippen molar-refractivity contribution in [1.29, 1.82) is 5.26 Å². The van der Waals surface area contributed by atoms with Gasteiger partial charge in [0.2, 0.25) is 0 Å². The lowest BCUT2D eigenvalue weighted by Crippen LogP contribution is -2.07. The minimum atomic E-state index is -0.913. The van der Waals surface area contributed by atoms with Gasteiger partial charge in [-0.1, -0.05) is 6.07 Å². The molecule has 1 aromatic carbocycles. The van der Waals surface area contributed by atoms with Crippen LogP contribution in [-0.2, 0) is 5.41 Å². The normalized spacial score (nSPS) is 17.6. The molecule has 1 aliphatic rings. The summed E-state index contributed by atoms with van der Waals surface area (Å²) in [4.78, 5) is 0. The van der Waals surface area contributed by atoms with Crippen molar-refractivity contribution in [2.75, 3.05) is 0 Å². The SMILES string of the molecule is N#CC1(c2ccc(Br)c(F)c2F)CC1. The summed E-state index contributed by atoms with van der Waals surface area (Å²) in [6.07, 6.45) is 1.23. The number of nitrogens with zero attached hydrogens (tertiary/aromatic N) is 1. The Hall–Kier alpha value is -0.950. The predicted octanol–water partition coefficient (Wildman–Crippen LogP) is 3.28. The van der Waals surface area contributed by atoms with E-state index in [9.17, 15) is 8.78 Å². The smallest absolute Gasteiger partial charge is 0.173 e. The topological polar surface area (TPSA) is 23.8 Å². The monoisotopic (exact) mass is 257 g/mol. The molecule has 1 nitrogen and oxygen atoms in total. The predicted molar refractivity (Wildman–Crippen MR) is 50.6 cm³/mol. The molecule has 0 radical (unpaired) electrons. The number of nitriles is 1. The van der Waals surface area contributed by atoms with Gasteiger partial charge in [-0.3, -0.25) is 0 Å². The minimum absolute atomic E-state index is 0.0903. The van der Waals surface area contributed by atoms with Crippen LogP contribution in [0, 0.1) is 23.0 Å². The van der Waals surface area contributed by atoms with Gasteiger partial charge in [-0.2, -0.15) is 5.26 Å². The van der Waals surface area contributed by atoms with Crippen molar-refractivity contribution in [2.45, 2.75) is 18.3 Å². The molecule has 14 heavy (non-hydrogen) atoms. The molecule has 0 atom stereocenters. The van der Waals surface area contributed by atoms with Gasteiger partial charge in [0.25, 0.3) is 0 Å². The molecular weight excluding hydrogens is 252 g/mol. The Balaban J connectivity index is 2.57. The van der Waals surface area contributed by atoms with Crippen LogP contribution in [0.4, 0.5) is 8.78 Å². The quantitative estimate of drug-likeness (QED) is 0.709. The first-order valence-corrected chi connectivity index (χ1v) is 4.95. The summed E-state index contributed by atoms with van der Waals surface area (Å²) < 4.78 is 26.7. The van der Waals surface area contributed by atoms with Crippen molar-refractivity contribution in [3.63, 3.8) is 0 Å². The summed E-state index contributed by atoms with van der Waals surface area (Å²) in [5.41, 5.74) is -0.591. The maximum Gasteiger partial charge on any atom is 0.173 e.